The minimum atomic E-state index is -0.129. The summed E-state index contributed by atoms with van der Waals surface area (Å²) in [7, 11) is 0. The molecule has 0 aliphatic rings. The molecule has 0 spiro atoms. The third-order valence-electron chi connectivity index (χ3n) is 5.21. The van der Waals surface area contributed by atoms with Crippen LogP contribution >= 0.6 is 0 Å². The van der Waals surface area contributed by atoms with Crippen molar-refractivity contribution >= 4 is 16.9 Å². The first-order valence-corrected chi connectivity index (χ1v) is 10.7. The Morgan fingerprint density at radius 2 is 1.58 bits per heavy atom. The monoisotopic (exact) mass is 413 g/mol. The fourth-order valence-corrected chi connectivity index (χ4v) is 3.68. The lowest BCUT2D eigenvalue weighted by Crippen LogP contribution is -2.31. The molecule has 0 radical (unpaired) electrons. The maximum Gasteiger partial charge on any atom is 0.257 e. The van der Waals surface area contributed by atoms with E-state index in [-0.39, 0.29) is 12.5 Å². The Morgan fingerprint density at radius 3 is 2.39 bits per heavy atom. The van der Waals surface area contributed by atoms with E-state index in [4.69, 9.17) is 9.72 Å². The molecule has 158 valence electrons. The highest BCUT2D eigenvalue weighted by Gasteiger charge is 2.11. The molecule has 1 aromatic heterocycles. The van der Waals surface area contributed by atoms with Crippen LogP contribution in [0.4, 0.5) is 0 Å². The molecule has 31 heavy (non-hydrogen) atoms. The zero-order valence-electron chi connectivity index (χ0n) is 17.5. The number of imidazole rings is 1. The van der Waals surface area contributed by atoms with E-state index in [1.54, 1.807) is 0 Å². The summed E-state index contributed by atoms with van der Waals surface area (Å²) in [6.07, 6.45) is 2.74. The maximum absolute atomic E-state index is 12.1. The molecule has 3 aromatic carbocycles. The second kappa shape index (κ2) is 10.4. The van der Waals surface area contributed by atoms with Crippen LogP contribution in [-0.4, -0.2) is 28.6 Å². The first-order chi connectivity index (χ1) is 15.3. The Balaban J connectivity index is 1.33. The van der Waals surface area contributed by atoms with Crippen LogP contribution in [0.25, 0.3) is 11.0 Å². The molecule has 0 saturated heterocycles. The molecular weight excluding hydrogens is 386 g/mol. The molecule has 5 nitrogen and oxygen atoms in total. The van der Waals surface area contributed by atoms with Crippen molar-refractivity contribution in [2.24, 2.45) is 0 Å². The SMILES string of the molecule is O=C(COc1ccccc1)NCCc1nc2ccccc2n1CCCc1ccccc1. The minimum absolute atomic E-state index is 0.0114. The molecule has 0 unspecified atom stereocenters. The summed E-state index contributed by atoms with van der Waals surface area (Å²) in [6.45, 7) is 1.44. The quantitative estimate of drug-likeness (QED) is 0.419. The van der Waals surface area contributed by atoms with Crippen LogP contribution in [0.3, 0.4) is 0 Å². The van der Waals surface area contributed by atoms with Crippen molar-refractivity contribution in [2.75, 3.05) is 13.2 Å². The van der Waals surface area contributed by atoms with E-state index in [1.807, 2.05) is 54.6 Å². The fourth-order valence-electron chi connectivity index (χ4n) is 3.68. The van der Waals surface area contributed by atoms with Gasteiger partial charge < -0.3 is 14.6 Å². The van der Waals surface area contributed by atoms with Gasteiger partial charge in [0, 0.05) is 19.5 Å². The molecule has 0 atom stereocenters. The fraction of sp³-hybridized carbons (Fsp3) is 0.231. The predicted octanol–water partition coefficient (Wildman–Crippen LogP) is 4.41. The Hall–Kier alpha value is -3.60. The third-order valence-corrected chi connectivity index (χ3v) is 5.21. The van der Waals surface area contributed by atoms with E-state index >= 15 is 0 Å². The molecule has 1 heterocycles. The zero-order chi connectivity index (χ0) is 21.3. The summed E-state index contributed by atoms with van der Waals surface area (Å²) < 4.78 is 7.79. The first kappa shape index (κ1) is 20.7. The molecule has 0 aliphatic carbocycles. The van der Waals surface area contributed by atoms with Gasteiger partial charge in [-0.2, -0.15) is 0 Å². The Morgan fingerprint density at radius 1 is 0.871 bits per heavy atom. The van der Waals surface area contributed by atoms with Gasteiger partial charge in [-0.25, -0.2) is 4.98 Å². The summed E-state index contributed by atoms with van der Waals surface area (Å²) in [5.74, 6) is 1.56. The number of aromatic nitrogens is 2. The number of carbonyl (C=O) groups is 1. The van der Waals surface area contributed by atoms with Crippen molar-refractivity contribution in [1.29, 1.82) is 0 Å². The molecule has 1 amide bonds. The molecule has 0 saturated carbocycles. The van der Waals surface area contributed by atoms with Gasteiger partial charge in [-0.3, -0.25) is 4.79 Å². The number of fused-ring (bicyclic) bond motifs is 1. The summed E-state index contributed by atoms with van der Waals surface area (Å²) in [5.41, 5.74) is 3.49. The van der Waals surface area contributed by atoms with E-state index in [1.165, 1.54) is 5.56 Å². The van der Waals surface area contributed by atoms with Crippen LogP contribution < -0.4 is 10.1 Å². The average Bonchev–Trinajstić information content (AvgIpc) is 3.16. The molecule has 4 rings (SSSR count). The molecule has 0 fully saturated rings. The summed E-state index contributed by atoms with van der Waals surface area (Å²) >= 11 is 0. The number of nitrogens with one attached hydrogen (secondary N) is 1. The number of hydrogen-bond donors (Lipinski definition) is 1. The number of amides is 1. The van der Waals surface area contributed by atoms with Gasteiger partial charge in [0.05, 0.1) is 11.0 Å². The highest BCUT2D eigenvalue weighted by molar-refractivity contribution is 5.77. The van der Waals surface area contributed by atoms with E-state index in [0.29, 0.717) is 18.7 Å². The molecule has 1 N–H and O–H groups in total. The number of nitrogens with zero attached hydrogens (tertiary/aromatic N) is 2. The number of aryl methyl sites for hydroxylation is 2. The molecular formula is C26H27N3O2. The Labute approximate surface area is 182 Å². The second-order valence-corrected chi connectivity index (χ2v) is 7.46. The van der Waals surface area contributed by atoms with Gasteiger partial charge >= 0.3 is 0 Å². The van der Waals surface area contributed by atoms with E-state index < -0.39 is 0 Å². The summed E-state index contributed by atoms with van der Waals surface area (Å²) in [6, 6.07) is 28.1. The molecule has 5 heteroatoms. The lowest BCUT2D eigenvalue weighted by Gasteiger charge is -2.11. The molecule has 0 aliphatic heterocycles. The second-order valence-electron chi connectivity index (χ2n) is 7.46. The van der Waals surface area contributed by atoms with E-state index in [0.717, 1.165) is 36.2 Å². The standard InChI is InChI=1S/C26H27N3O2/c30-26(20-31-22-13-5-2-6-14-22)27-18-17-25-28-23-15-7-8-16-24(23)29(25)19-9-12-21-10-3-1-4-11-21/h1-8,10-11,13-16H,9,12,17-20H2,(H,27,30). The normalized spacial score (nSPS) is 10.8. The zero-order valence-corrected chi connectivity index (χ0v) is 17.5. The van der Waals surface area contributed by atoms with E-state index in [2.05, 4.69) is 40.2 Å². The van der Waals surface area contributed by atoms with E-state index in [9.17, 15) is 4.79 Å². The first-order valence-electron chi connectivity index (χ1n) is 10.7. The number of hydrogen-bond acceptors (Lipinski definition) is 3. The topological polar surface area (TPSA) is 56.1 Å². The van der Waals surface area contributed by atoms with Crippen molar-refractivity contribution in [3.8, 4) is 5.75 Å². The van der Waals surface area contributed by atoms with Gasteiger partial charge in [-0.05, 0) is 42.7 Å². The van der Waals surface area contributed by atoms with Crippen LogP contribution in [-0.2, 0) is 24.2 Å². The summed E-state index contributed by atoms with van der Waals surface area (Å²) in [5, 5.41) is 2.94. The van der Waals surface area contributed by atoms with Crippen LogP contribution in [0.15, 0.2) is 84.9 Å². The predicted molar refractivity (Wildman–Crippen MR) is 123 cm³/mol. The van der Waals surface area contributed by atoms with Gasteiger partial charge in [-0.1, -0.05) is 60.7 Å². The highest BCUT2D eigenvalue weighted by Crippen LogP contribution is 2.18. The minimum Gasteiger partial charge on any atom is -0.484 e. The van der Waals surface area contributed by atoms with Gasteiger partial charge in [0.25, 0.3) is 5.91 Å². The van der Waals surface area contributed by atoms with Crippen molar-refractivity contribution in [2.45, 2.75) is 25.8 Å². The number of para-hydroxylation sites is 3. The van der Waals surface area contributed by atoms with Gasteiger partial charge in [0.15, 0.2) is 6.61 Å². The number of ether oxygens (including phenoxy) is 1. The van der Waals surface area contributed by atoms with Crippen LogP contribution in [0.1, 0.15) is 17.8 Å². The third kappa shape index (κ3) is 5.72. The molecule has 4 aromatic rings. The van der Waals surface area contributed by atoms with Crippen molar-refractivity contribution in [3.05, 3.63) is 96.3 Å². The van der Waals surface area contributed by atoms with Crippen LogP contribution in [0, 0.1) is 0 Å². The number of carbonyl (C=O) groups excluding carboxylic acids is 1. The largest absolute Gasteiger partial charge is 0.484 e. The summed E-state index contributed by atoms with van der Waals surface area (Å²) in [4.78, 5) is 16.9. The maximum atomic E-state index is 12.1. The van der Waals surface area contributed by atoms with Crippen LogP contribution in [0.2, 0.25) is 0 Å². The Kier molecular flexibility index (Phi) is 6.96. The van der Waals surface area contributed by atoms with Gasteiger partial charge in [0.1, 0.15) is 11.6 Å². The lowest BCUT2D eigenvalue weighted by atomic mass is 10.1. The van der Waals surface area contributed by atoms with Crippen molar-refractivity contribution in [1.82, 2.24) is 14.9 Å². The highest BCUT2D eigenvalue weighted by atomic mass is 16.5. The van der Waals surface area contributed by atoms with Gasteiger partial charge in [-0.15, -0.1) is 0 Å². The number of rotatable bonds is 10. The van der Waals surface area contributed by atoms with Crippen molar-refractivity contribution in [3.63, 3.8) is 0 Å². The average molecular weight is 414 g/mol. The smallest absolute Gasteiger partial charge is 0.257 e. The van der Waals surface area contributed by atoms with Gasteiger partial charge in [0.2, 0.25) is 0 Å². The Bertz CT molecular complexity index is 1110. The van der Waals surface area contributed by atoms with Crippen molar-refractivity contribution < 1.29 is 9.53 Å². The van der Waals surface area contributed by atoms with Crippen LogP contribution in [0.5, 0.6) is 5.75 Å². The lowest BCUT2D eigenvalue weighted by molar-refractivity contribution is -0.123. The number of benzene rings is 3. The molecule has 0 bridgehead atoms.